The zero-order valence-corrected chi connectivity index (χ0v) is 11.4. The molecule has 1 aliphatic rings. The molecule has 2 rings (SSSR count). The minimum atomic E-state index is 0.286. The van der Waals surface area contributed by atoms with Crippen LogP contribution in [0.15, 0.2) is 17.5 Å². The van der Waals surface area contributed by atoms with E-state index in [9.17, 15) is 4.79 Å². The van der Waals surface area contributed by atoms with E-state index >= 15 is 0 Å². The minimum absolute atomic E-state index is 0.286. The van der Waals surface area contributed by atoms with Crippen molar-refractivity contribution in [3.8, 4) is 0 Å². The van der Waals surface area contributed by atoms with Crippen LogP contribution in [0.4, 0.5) is 0 Å². The van der Waals surface area contributed by atoms with E-state index in [1.165, 1.54) is 4.88 Å². The van der Waals surface area contributed by atoms with Crippen molar-refractivity contribution < 1.29 is 4.79 Å². The Bertz CT molecular complexity index is 356. The van der Waals surface area contributed by atoms with E-state index in [0.29, 0.717) is 12.5 Å². The highest BCUT2D eigenvalue weighted by Crippen LogP contribution is 2.25. The van der Waals surface area contributed by atoms with Crippen LogP contribution in [0.25, 0.3) is 0 Å². The van der Waals surface area contributed by atoms with Gasteiger partial charge < -0.3 is 4.90 Å². The van der Waals surface area contributed by atoms with E-state index in [4.69, 9.17) is 0 Å². The lowest BCUT2D eigenvalue weighted by atomic mass is 10.2. The molecule has 0 aromatic carbocycles. The standard InChI is InChI=1S/C13H20N2OS/c1-3-13(16)15-8-6-14(7-9-15)11(2)12-5-4-10-17-12/h4-5,10-11H,3,6-9H2,1-2H3. The molecule has 1 amide bonds. The summed E-state index contributed by atoms with van der Waals surface area (Å²) in [4.78, 5) is 17.4. The maximum absolute atomic E-state index is 11.6. The van der Waals surface area contributed by atoms with E-state index < -0.39 is 0 Å². The molecule has 17 heavy (non-hydrogen) atoms. The summed E-state index contributed by atoms with van der Waals surface area (Å²) in [6.45, 7) is 7.92. The predicted molar refractivity (Wildman–Crippen MR) is 71.2 cm³/mol. The van der Waals surface area contributed by atoms with Crippen LogP contribution in [-0.4, -0.2) is 41.9 Å². The second kappa shape index (κ2) is 5.65. The molecular formula is C13H20N2OS. The zero-order chi connectivity index (χ0) is 12.3. The van der Waals surface area contributed by atoms with Crippen LogP contribution >= 0.6 is 11.3 Å². The Hall–Kier alpha value is -0.870. The Morgan fingerprint density at radius 3 is 2.65 bits per heavy atom. The predicted octanol–water partition coefficient (Wildman–Crippen LogP) is 2.36. The fraction of sp³-hybridized carbons (Fsp3) is 0.615. The molecule has 0 saturated carbocycles. The van der Waals surface area contributed by atoms with Gasteiger partial charge in [-0.15, -0.1) is 11.3 Å². The lowest BCUT2D eigenvalue weighted by Gasteiger charge is -2.37. The van der Waals surface area contributed by atoms with Gasteiger partial charge in [0.15, 0.2) is 0 Å². The van der Waals surface area contributed by atoms with Crippen LogP contribution in [0, 0.1) is 0 Å². The Morgan fingerprint density at radius 2 is 2.12 bits per heavy atom. The van der Waals surface area contributed by atoms with Crippen molar-refractivity contribution in [1.29, 1.82) is 0 Å². The Morgan fingerprint density at radius 1 is 1.41 bits per heavy atom. The molecule has 1 aromatic heterocycles. The van der Waals surface area contributed by atoms with Crippen LogP contribution in [0.2, 0.25) is 0 Å². The third-order valence-corrected chi connectivity index (χ3v) is 4.51. The summed E-state index contributed by atoms with van der Waals surface area (Å²) in [5.74, 6) is 0.286. The minimum Gasteiger partial charge on any atom is -0.340 e. The first-order chi connectivity index (χ1) is 8.22. The molecule has 1 saturated heterocycles. The van der Waals surface area contributed by atoms with Gasteiger partial charge in [0.25, 0.3) is 0 Å². The summed E-state index contributed by atoms with van der Waals surface area (Å²) < 4.78 is 0. The first kappa shape index (κ1) is 12.6. The highest BCUT2D eigenvalue weighted by Gasteiger charge is 2.24. The fourth-order valence-corrected chi connectivity index (χ4v) is 3.11. The van der Waals surface area contributed by atoms with E-state index in [1.807, 2.05) is 23.2 Å². The van der Waals surface area contributed by atoms with Crippen LogP contribution in [0.3, 0.4) is 0 Å². The maximum Gasteiger partial charge on any atom is 0.222 e. The van der Waals surface area contributed by atoms with Crippen LogP contribution < -0.4 is 0 Å². The van der Waals surface area contributed by atoms with E-state index in [-0.39, 0.29) is 5.91 Å². The van der Waals surface area contributed by atoms with Gasteiger partial charge in [-0.25, -0.2) is 0 Å². The molecule has 3 nitrogen and oxygen atoms in total. The molecule has 1 atom stereocenters. The number of amides is 1. The molecule has 0 spiro atoms. The molecule has 1 unspecified atom stereocenters. The van der Waals surface area contributed by atoms with Crippen molar-refractivity contribution >= 4 is 17.2 Å². The Labute approximate surface area is 107 Å². The van der Waals surface area contributed by atoms with Gasteiger partial charge in [0.2, 0.25) is 5.91 Å². The molecule has 0 N–H and O–H groups in total. The van der Waals surface area contributed by atoms with Gasteiger partial charge in [0.1, 0.15) is 0 Å². The van der Waals surface area contributed by atoms with Gasteiger partial charge >= 0.3 is 0 Å². The van der Waals surface area contributed by atoms with Gasteiger partial charge in [-0.1, -0.05) is 13.0 Å². The Kier molecular flexibility index (Phi) is 4.18. The molecular weight excluding hydrogens is 232 g/mol. The van der Waals surface area contributed by atoms with Crippen LogP contribution in [0.5, 0.6) is 0 Å². The number of thiophene rings is 1. The van der Waals surface area contributed by atoms with Gasteiger partial charge in [0.05, 0.1) is 0 Å². The van der Waals surface area contributed by atoms with Crippen molar-refractivity contribution in [2.75, 3.05) is 26.2 Å². The number of nitrogens with zero attached hydrogens (tertiary/aromatic N) is 2. The van der Waals surface area contributed by atoms with Crippen molar-refractivity contribution in [1.82, 2.24) is 9.80 Å². The first-order valence-electron chi connectivity index (χ1n) is 6.27. The van der Waals surface area contributed by atoms with Crippen molar-refractivity contribution in [2.45, 2.75) is 26.3 Å². The van der Waals surface area contributed by atoms with Gasteiger partial charge in [-0.05, 0) is 18.4 Å². The van der Waals surface area contributed by atoms with Gasteiger partial charge in [-0.3, -0.25) is 9.69 Å². The summed E-state index contributed by atoms with van der Waals surface area (Å²) >= 11 is 1.81. The largest absolute Gasteiger partial charge is 0.340 e. The average Bonchev–Trinajstić information content (AvgIpc) is 2.91. The summed E-state index contributed by atoms with van der Waals surface area (Å²) in [7, 11) is 0. The molecule has 0 bridgehead atoms. The number of carbonyl (C=O) groups is 1. The highest BCUT2D eigenvalue weighted by molar-refractivity contribution is 7.10. The normalized spacial score (nSPS) is 19.3. The van der Waals surface area contributed by atoms with Crippen LogP contribution in [0.1, 0.15) is 31.2 Å². The maximum atomic E-state index is 11.6. The number of piperazine rings is 1. The molecule has 1 aromatic rings. The number of carbonyl (C=O) groups excluding carboxylic acids is 1. The number of hydrogen-bond acceptors (Lipinski definition) is 3. The van der Waals surface area contributed by atoms with E-state index in [2.05, 4.69) is 29.3 Å². The summed E-state index contributed by atoms with van der Waals surface area (Å²) in [5.41, 5.74) is 0. The van der Waals surface area contributed by atoms with Gasteiger partial charge in [-0.2, -0.15) is 0 Å². The van der Waals surface area contributed by atoms with Crippen molar-refractivity contribution in [3.05, 3.63) is 22.4 Å². The third kappa shape index (κ3) is 2.87. The fourth-order valence-electron chi connectivity index (χ4n) is 2.29. The SMILES string of the molecule is CCC(=O)N1CCN(C(C)c2cccs2)CC1. The first-order valence-corrected chi connectivity index (χ1v) is 7.15. The lowest BCUT2D eigenvalue weighted by molar-refractivity contribution is -0.132. The molecule has 1 fully saturated rings. The second-order valence-electron chi connectivity index (χ2n) is 4.46. The third-order valence-electron chi connectivity index (χ3n) is 3.47. The van der Waals surface area contributed by atoms with Gasteiger partial charge in [0, 0.05) is 43.5 Å². The van der Waals surface area contributed by atoms with Crippen LogP contribution in [-0.2, 0) is 4.79 Å². The van der Waals surface area contributed by atoms with Crippen molar-refractivity contribution in [3.63, 3.8) is 0 Å². The molecule has 0 radical (unpaired) electrons. The number of hydrogen-bond donors (Lipinski definition) is 0. The molecule has 94 valence electrons. The van der Waals surface area contributed by atoms with Crippen molar-refractivity contribution in [2.24, 2.45) is 0 Å². The quantitative estimate of drug-likeness (QED) is 0.824. The second-order valence-corrected chi connectivity index (χ2v) is 5.44. The summed E-state index contributed by atoms with van der Waals surface area (Å²) in [6.07, 6.45) is 0.625. The smallest absolute Gasteiger partial charge is 0.222 e. The molecule has 4 heteroatoms. The monoisotopic (exact) mass is 252 g/mol. The Balaban J connectivity index is 1.89. The average molecular weight is 252 g/mol. The van der Waals surface area contributed by atoms with E-state index in [0.717, 1.165) is 26.2 Å². The van der Waals surface area contributed by atoms with E-state index in [1.54, 1.807) is 0 Å². The zero-order valence-electron chi connectivity index (χ0n) is 10.6. The lowest BCUT2D eigenvalue weighted by Crippen LogP contribution is -2.49. The number of rotatable bonds is 3. The topological polar surface area (TPSA) is 23.6 Å². The highest BCUT2D eigenvalue weighted by atomic mass is 32.1. The molecule has 2 heterocycles. The summed E-state index contributed by atoms with van der Waals surface area (Å²) in [5, 5.41) is 2.13. The summed E-state index contributed by atoms with van der Waals surface area (Å²) in [6, 6.07) is 4.78. The molecule has 1 aliphatic heterocycles. The molecule has 0 aliphatic carbocycles.